The molecule has 0 saturated carbocycles. The van der Waals surface area contributed by atoms with Gasteiger partial charge in [-0.1, -0.05) is 48.8 Å². The first-order chi connectivity index (χ1) is 12.1. The van der Waals surface area contributed by atoms with Gasteiger partial charge in [-0.05, 0) is 48.7 Å². The van der Waals surface area contributed by atoms with E-state index < -0.39 is 0 Å². The van der Waals surface area contributed by atoms with Gasteiger partial charge in [0.2, 0.25) is 5.91 Å². The van der Waals surface area contributed by atoms with Crippen molar-refractivity contribution in [1.29, 1.82) is 0 Å². The number of amides is 1. The molecule has 0 saturated heterocycles. The molecule has 6 heteroatoms. The van der Waals surface area contributed by atoms with Crippen molar-refractivity contribution in [2.75, 3.05) is 11.1 Å². The van der Waals surface area contributed by atoms with Crippen LogP contribution in [-0.2, 0) is 11.2 Å². The second-order valence-electron chi connectivity index (χ2n) is 5.73. The van der Waals surface area contributed by atoms with Crippen molar-refractivity contribution in [2.45, 2.75) is 30.5 Å². The van der Waals surface area contributed by atoms with Gasteiger partial charge < -0.3 is 5.32 Å². The molecule has 0 fully saturated rings. The Balaban J connectivity index is 1.53. The van der Waals surface area contributed by atoms with Crippen LogP contribution in [0.3, 0.4) is 0 Å². The van der Waals surface area contributed by atoms with Gasteiger partial charge in [0.1, 0.15) is 0 Å². The Morgan fingerprint density at radius 1 is 1.24 bits per heavy atom. The largest absolute Gasteiger partial charge is 0.325 e. The lowest BCUT2D eigenvalue weighted by Gasteiger charge is -2.06. The minimum absolute atomic E-state index is 0.0244. The molecule has 0 atom stereocenters. The fraction of sp³-hybridized carbons (Fsp3) is 0.263. The van der Waals surface area contributed by atoms with E-state index in [0.29, 0.717) is 10.8 Å². The molecule has 1 N–H and O–H groups in total. The maximum atomic E-state index is 12.1. The van der Waals surface area contributed by atoms with Crippen molar-refractivity contribution < 1.29 is 4.79 Å². The standard InChI is InChI=1S/C19H19ClN2OS2/c1-2-3-4-13-5-8-15(9-6-13)21-18(23)12-24-19-22-16-11-14(20)7-10-17(16)25-19/h5-11H,2-4,12H2,1H3,(H,21,23). The van der Waals surface area contributed by atoms with Gasteiger partial charge in [-0.2, -0.15) is 0 Å². The molecule has 1 heterocycles. The number of halogens is 1. The van der Waals surface area contributed by atoms with E-state index in [2.05, 4.69) is 29.4 Å². The molecule has 0 aliphatic carbocycles. The average molecular weight is 391 g/mol. The molecule has 1 amide bonds. The summed E-state index contributed by atoms with van der Waals surface area (Å²) in [4.78, 5) is 16.6. The summed E-state index contributed by atoms with van der Waals surface area (Å²) in [5.41, 5.74) is 3.02. The van der Waals surface area contributed by atoms with Gasteiger partial charge in [-0.15, -0.1) is 11.3 Å². The van der Waals surface area contributed by atoms with Crippen molar-refractivity contribution >= 4 is 56.5 Å². The Morgan fingerprint density at radius 3 is 2.80 bits per heavy atom. The summed E-state index contributed by atoms with van der Waals surface area (Å²) in [5.74, 6) is 0.314. The van der Waals surface area contributed by atoms with E-state index in [-0.39, 0.29) is 5.91 Å². The summed E-state index contributed by atoms with van der Waals surface area (Å²) in [6, 6.07) is 13.7. The Labute approximate surface area is 160 Å². The highest BCUT2D eigenvalue weighted by atomic mass is 35.5. The van der Waals surface area contributed by atoms with Crippen LogP contribution in [0.4, 0.5) is 5.69 Å². The number of nitrogens with one attached hydrogen (secondary N) is 1. The number of rotatable bonds is 7. The molecule has 0 unspecified atom stereocenters. The zero-order chi connectivity index (χ0) is 17.6. The van der Waals surface area contributed by atoms with E-state index in [0.717, 1.165) is 26.7 Å². The maximum absolute atomic E-state index is 12.1. The Bertz CT molecular complexity index is 861. The number of carbonyl (C=O) groups is 1. The summed E-state index contributed by atoms with van der Waals surface area (Å²) < 4.78 is 1.96. The molecule has 3 nitrogen and oxygen atoms in total. The molecule has 0 aliphatic rings. The number of hydrogen-bond acceptors (Lipinski definition) is 4. The monoisotopic (exact) mass is 390 g/mol. The Kier molecular flexibility index (Phi) is 6.34. The normalized spacial score (nSPS) is 11.0. The fourth-order valence-electron chi connectivity index (χ4n) is 2.40. The third kappa shape index (κ3) is 5.21. The smallest absolute Gasteiger partial charge is 0.234 e. The third-order valence-corrected chi connectivity index (χ3v) is 6.13. The lowest BCUT2D eigenvalue weighted by Crippen LogP contribution is -2.13. The number of nitrogens with zero attached hydrogens (tertiary/aromatic N) is 1. The molecule has 2 aromatic carbocycles. The summed E-state index contributed by atoms with van der Waals surface area (Å²) >= 11 is 9.00. The molecule has 3 rings (SSSR count). The zero-order valence-electron chi connectivity index (χ0n) is 13.9. The van der Waals surface area contributed by atoms with Crippen molar-refractivity contribution in [3.63, 3.8) is 0 Å². The van der Waals surface area contributed by atoms with Crippen molar-refractivity contribution in [2.24, 2.45) is 0 Å². The first-order valence-electron chi connectivity index (χ1n) is 8.21. The third-order valence-electron chi connectivity index (χ3n) is 3.71. The second-order valence-corrected chi connectivity index (χ2v) is 8.42. The molecule has 1 aromatic heterocycles. The van der Waals surface area contributed by atoms with Crippen LogP contribution in [0.2, 0.25) is 5.02 Å². The van der Waals surface area contributed by atoms with E-state index in [1.165, 1.54) is 30.2 Å². The Morgan fingerprint density at radius 2 is 2.04 bits per heavy atom. The van der Waals surface area contributed by atoms with Crippen LogP contribution in [0.5, 0.6) is 0 Å². The average Bonchev–Trinajstić information content (AvgIpc) is 3.01. The first kappa shape index (κ1) is 18.2. The van der Waals surface area contributed by atoms with E-state index in [1.54, 1.807) is 11.3 Å². The minimum Gasteiger partial charge on any atom is -0.325 e. The van der Waals surface area contributed by atoms with Crippen LogP contribution in [0.15, 0.2) is 46.8 Å². The summed E-state index contributed by atoms with van der Waals surface area (Å²) in [6.07, 6.45) is 3.46. The van der Waals surface area contributed by atoms with Crippen molar-refractivity contribution in [3.05, 3.63) is 53.1 Å². The van der Waals surface area contributed by atoms with Gasteiger partial charge in [0.05, 0.1) is 16.0 Å². The van der Waals surface area contributed by atoms with E-state index >= 15 is 0 Å². The van der Waals surface area contributed by atoms with Crippen LogP contribution in [0.1, 0.15) is 25.3 Å². The molecule has 0 bridgehead atoms. The molecule has 0 radical (unpaired) electrons. The van der Waals surface area contributed by atoms with E-state index in [9.17, 15) is 4.79 Å². The van der Waals surface area contributed by atoms with Gasteiger partial charge in [0.15, 0.2) is 4.34 Å². The van der Waals surface area contributed by atoms with Gasteiger partial charge >= 0.3 is 0 Å². The predicted molar refractivity (Wildman–Crippen MR) is 109 cm³/mol. The van der Waals surface area contributed by atoms with Gasteiger partial charge in [-0.25, -0.2) is 4.98 Å². The summed E-state index contributed by atoms with van der Waals surface area (Å²) in [6.45, 7) is 2.19. The number of thiazole rings is 1. The minimum atomic E-state index is -0.0244. The fourth-order valence-corrected chi connectivity index (χ4v) is 4.42. The van der Waals surface area contributed by atoms with Gasteiger partial charge in [0, 0.05) is 10.7 Å². The van der Waals surface area contributed by atoms with Gasteiger partial charge in [-0.3, -0.25) is 4.79 Å². The molecule has 0 aliphatic heterocycles. The second kappa shape index (κ2) is 8.70. The van der Waals surface area contributed by atoms with Crippen LogP contribution >= 0.6 is 34.7 Å². The quantitative estimate of drug-likeness (QED) is 0.501. The van der Waals surface area contributed by atoms with Crippen LogP contribution in [-0.4, -0.2) is 16.6 Å². The topological polar surface area (TPSA) is 42.0 Å². The highest BCUT2D eigenvalue weighted by Crippen LogP contribution is 2.31. The van der Waals surface area contributed by atoms with Crippen molar-refractivity contribution in [3.8, 4) is 0 Å². The van der Waals surface area contributed by atoms with E-state index in [1.807, 2.05) is 30.3 Å². The Hall–Kier alpha value is -1.56. The number of aryl methyl sites for hydroxylation is 1. The summed E-state index contributed by atoms with van der Waals surface area (Å²) in [7, 11) is 0. The number of fused-ring (bicyclic) bond motifs is 1. The van der Waals surface area contributed by atoms with Crippen molar-refractivity contribution in [1.82, 2.24) is 4.98 Å². The van der Waals surface area contributed by atoms with E-state index in [4.69, 9.17) is 11.6 Å². The lowest BCUT2D eigenvalue weighted by molar-refractivity contribution is -0.113. The number of unbranched alkanes of at least 4 members (excludes halogenated alkanes) is 1. The molecule has 3 aromatic rings. The number of carbonyl (C=O) groups excluding carboxylic acids is 1. The van der Waals surface area contributed by atoms with Crippen LogP contribution < -0.4 is 5.32 Å². The van der Waals surface area contributed by atoms with Crippen LogP contribution in [0.25, 0.3) is 10.2 Å². The number of aromatic nitrogens is 1. The summed E-state index contributed by atoms with van der Waals surface area (Å²) in [5, 5.41) is 3.61. The predicted octanol–water partition coefficient (Wildman–Crippen LogP) is 6.02. The number of hydrogen-bond donors (Lipinski definition) is 1. The highest BCUT2D eigenvalue weighted by molar-refractivity contribution is 8.01. The molecule has 130 valence electrons. The maximum Gasteiger partial charge on any atom is 0.234 e. The first-order valence-corrected chi connectivity index (χ1v) is 10.4. The number of anilines is 1. The van der Waals surface area contributed by atoms with Gasteiger partial charge in [0.25, 0.3) is 0 Å². The number of thioether (sulfide) groups is 1. The zero-order valence-corrected chi connectivity index (χ0v) is 16.3. The molecule has 0 spiro atoms. The molecule has 25 heavy (non-hydrogen) atoms. The highest BCUT2D eigenvalue weighted by Gasteiger charge is 2.08. The molecular formula is C19H19ClN2OS2. The lowest BCUT2D eigenvalue weighted by atomic mass is 10.1. The van der Waals surface area contributed by atoms with Crippen LogP contribution in [0, 0.1) is 0 Å². The SMILES string of the molecule is CCCCc1ccc(NC(=O)CSc2nc3cc(Cl)ccc3s2)cc1. The molecular weight excluding hydrogens is 372 g/mol. The number of benzene rings is 2.